The largest absolute Gasteiger partial charge is 0.397 e. The van der Waals surface area contributed by atoms with Gasteiger partial charge in [-0.15, -0.1) is 0 Å². The van der Waals surface area contributed by atoms with E-state index in [1.165, 1.54) is 12.8 Å². The first-order chi connectivity index (χ1) is 7.58. The van der Waals surface area contributed by atoms with Gasteiger partial charge in [0, 0.05) is 12.6 Å². The summed E-state index contributed by atoms with van der Waals surface area (Å²) in [7, 11) is 0. The van der Waals surface area contributed by atoms with Crippen LogP contribution in [0.5, 0.6) is 0 Å². The fraction of sp³-hybridized carbons (Fsp3) is 0.615. The van der Waals surface area contributed by atoms with Gasteiger partial charge < -0.3 is 10.6 Å². The SMILES string of the molecule is Cc1cc(N(CC2CC2)C(C)C)ncc1N. The van der Waals surface area contributed by atoms with Gasteiger partial charge in [0.25, 0.3) is 0 Å². The molecule has 0 amide bonds. The average molecular weight is 219 g/mol. The fourth-order valence-corrected chi connectivity index (χ4v) is 1.86. The Balaban J connectivity index is 2.19. The number of hydrogen-bond acceptors (Lipinski definition) is 3. The van der Waals surface area contributed by atoms with Crippen molar-refractivity contribution in [1.29, 1.82) is 0 Å². The highest BCUT2D eigenvalue weighted by atomic mass is 15.2. The van der Waals surface area contributed by atoms with E-state index in [2.05, 4.69) is 29.8 Å². The molecule has 0 aliphatic heterocycles. The summed E-state index contributed by atoms with van der Waals surface area (Å²) in [6.07, 6.45) is 4.52. The van der Waals surface area contributed by atoms with Crippen LogP contribution in [0.25, 0.3) is 0 Å². The molecule has 16 heavy (non-hydrogen) atoms. The number of aryl methyl sites for hydroxylation is 1. The molecular weight excluding hydrogens is 198 g/mol. The second-order valence-corrected chi connectivity index (χ2v) is 5.09. The molecule has 0 saturated heterocycles. The van der Waals surface area contributed by atoms with Crippen LogP contribution in [-0.2, 0) is 0 Å². The van der Waals surface area contributed by atoms with Gasteiger partial charge in [-0.1, -0.05) is 0 Å². The van der Waals surface area contributed by atoms with Crippen LogP contribution in [0.3, 0.4) is 0 Å². The van der Waals surface area contributed by atoms with E-state index in [0.717, 1.165) is 29.5 Å². The summed E-state index contributed by atoms with van der Waals surface area (Å²) in [4.78, 5) is 6.82. The Labute approximate surface area is 97.7 Å². The van der Waals surface area contributed by atoms with Crippen LogP contribution in [-0.4, -0.2) is 17.6 Å². The predicted molar refractivity (Wildman–Crippen MR) is 68.6 cm³/mol. The van der Waals surface area contributed by atoms with Gasteiger partial charge in [-0.05, 0) is 51.2 Å². The Morgan fingerprint density at radius 2 is 2.19 bits per heavy atom. The van der Waals surface area contributed by atoms with E-state index in [1.807, 2.05) is 6.92 Å². The summed E-state index contributed by atoms with van der Waals surface area (Å²) in [5, 5.41) is 0. The third kappa shape index (κ3) is 2.46. The monoisotopic (exact) mass is 219 g/mol. The van der Waals surface area contributed by atoms with Crippen LogP contribution in [0.4, 0.5) is 11.5 Å². The van der Waals surface area contributed by atoms with Crippen LogP contribution in [0, 0.1) is 12.8 Å². The molecule has 0 radical (unpaired) electrons. The van der Waals surface area contributed by atoms with E-state index in [0.29, 0.717) is 6.04 Å². The molecule has 1 aliphatic carbocycles. The summed E-state index contributed by atoms with van der Waals surface area (Å²) in [6, 6.07) is 2.59. The van der Waals surface area contributed by atoms with Gasteiger partial charge >= 0.3 is 0 Å². The van der Waals surface area contributed by atoms with Crippen LogP contribution in [0.2, 0.25) is 0 Å². The van der Waals surface area contributed by atoms with Gasteiger partial charge in [-0.25, -0.2) is 4.98 Å². The highest BCUT2D eigenvalue weighted by Gasteiger charge is 2.26. The van der Waals surface area contributed by atoms with Crippen molar-refractivity contribution in [1.82, 2.24) is 4.98 Å². The zero-order valence-electron chi connectivity index (χ0n) is 10.4. The lowest BCUT2D eigenvalue weighted by atomic mass is 10.2. The van der Waals surface area contributed by atoms with Gasteiger partial charge in [0.1, 0.15) is 5.82 Å². The number of rotatable bonds is 4. The zero-order chi connectivity index (χ0) is 11.7. The lowest BCUT2D eigenvalue weighted by Crippen LogP contribution is -2.33. The molecule has 88 valence electrons. The molecule has 1 saturated carbocycles. The van der Waals surface area contributed by atoms with Crippen LogP contribution < -0.4 is 10.6 Å². The number of nitrogen functional groups attached to an aromatic ring is 1. The lowest BCUT2D eigenvalue weighted by Gasteiger charge is -2.28. The van der Waals surface area contributed by atoms with Crippen molar-refractivity contribution in [3.8, 4) is 0 Å². The number of pyridine rings is 1. The van der Waals surface area contributed by atoms with Crippen molar-refractivity contribution in [3.63, 3.8) is 0 Å². The van der Waals surface area contributed by atoms with E-state index in [1.54, 1.807) is 6.20 Å². The minimum absolute atomic E-state index is 0.496. The molecule has 2 rings (SSSR count). The first-order valence-corrected chi connectivity index (χ1v) is 6.06. The summed E-state index contributed by atoms with van der Waals surface area (Å²) < 4.78 is 0. The molecule has 1 fully saturated rings. The molecule has 3 heteroatoms. The third-order valence-electron chi connectivity index (χ3n) is 3.21. The molecule has 0 unspecified atom stereocenters. The van der Waals surface area contributed by atoms with Crippen LogP contribution in [0.1, 0.15) is 32.3 Å². The molecule has 3 nitrogen and oxygen atoms in total. The van der Waals surface area contributed by atoms with Gasteiger partial charge in [-0.3, -0.25) is 0 Å². The quantitative estimate of drug-likeness (QED) is 0.846. The van der Waals surface area contributed by atoms with Crippen molar-refractivity contribution in [2.24, 2.45) is 5.92 Å². The van der Waals surface area contributed by atoms with E-state index in [4.69, 9.17) is 5.73 Å². The van der Waals surface area contributed by atoms with E-state index < -0.39 is 0 Å². The van der Waals surface area contributed by atoms with Crippen LogP contribution in [0.15, 0.2) is 12.3 Å². The maximum atomic E-state index is 5.80. The first-order valence-electron chi connectivity index (χ1n) is 6.06. The average Bonchev–Trinajstić information content (AvgIpc) is 3.02. The van der Waals surface area contributed by atoms with Gasteiger partial charge in [0.15, 0.2) is 0 Å². The summed E-state index contributed by atoms with van der Waals surface area (Å²) in [6.45, 7) is 7.61. The second kappa shape index (κ2) is 4.32. The smallest absolute Gasteiger partial charge is 0.129 e. The lowest BCUT2D eigenvalue weighted by molar-refractivity contribution is 0.636. The molecule has 0 spiro atoms. The molecule has 1 aliphatic rings. The fourth-order valence-electron chi connectivity index (χ4n) is 1.86. The summed E-state index contributed by atoms with van der Waals surface area (Å²) in [5.74, 6) is 1.94. The Bertz CT molecular complexity index is 369. The standard InChI is InChI=1S/C13H21N3/c1-9(2)16(8-11-4-5-11)13-6-10(3)12(14)7-15-13/h6-7,9,11H,4-5,8,14H2,1-3H3. The second-order valence-electron chi connectivity index (χ2n) is 5.09. The van der Waals surface area contributed by atoms with E-state index in [-0.39, 0.29) is 0 Å². The minimum Gasteiger partial charge on any atom is -0.397 e. The molecular formula is C13H21N3. The maximum Gasteiger partial charge on any atom is 0.129 e. The molecule has 1 heterocycles. The van der Waals surface area contributed by atoms with Crippen LogP contribution >= 0.6 is 0 Å². The Hall–Kier alpha value is -1.25. The van der Waals surface area contributed by atoms with Crippen molar-refractivity contribution >= 4 is 11.5 Å². The Morgan fingerprint density at radius 1 is 1.50 bits per heavy atom. The number of nitrogens with zero attached hydrogens (tertiary/aromatic N) is 2. The topological polar surface area (TPSA) is 42.2 Å². The predicted octanol–water partition coefficient (Wildman–Crippen LogP) is 2.60. The highest BCUT2D eigenvalue weighted by Crippen LogP contribution is 2.32. The minimum atomic E-state index is 0.496. The summed E-state index contributed by atoms with van der Waals surface area (Å²) in [5.41, 5.74) is 7.69. The third-order valence-corrected chi connectivity index (χ3v) is 3.21. The number of anilines is 2. The van der Waals surface area contributed by atoms with Crippen molar-refractivity contribution < 1.29 is 0 Å². The molecule has 0 bridgehead atoms. The normalized spacial score (nSPS) is 15.5. The molecule has 1 aromatic heterocycles. The number of aromatic nitrogens is 1. The van der Waals surface area contributed by atoms with Gasteiger partial charge in [-0.2, -0.15) is 0 Å². The molecule has 0 aromatic carbocycles. The highest BCUT2D eigenvalue weighted by molar-refractivity contribution is 5.52. The van der Waals surface area contributed by atoms with Crippen molar-refractivity contribution in [2.45, 2.75) is 39.7 Å². The van der Waals surface area contributed by atoms with Gasteiger partial charge in [0.05, 0.1) is 11.9 Å². The molecule has 0 atom stereocenters. The maximum absolute atomic E-state index is 5.80. The first kappa shape index (κ1) is 11.2. The zero-order valence-corrected chi connectivity index (χ0v) is 10.4. The van der Waals surface area contributed by atoms with Crippen molar-refractivity contribution in [2.75, 3.05) is 17.2 Å². The molecule has 1 aromatic rings. The van der Waals surface area contributed by atoms with E-state index in [9.17, 15) is 0 Å². The van der Waals surface area contributed by atoms with E-state index >= 15 is 0 Å². The summed E-state index contributed by atoms with van der Waals surface area (Å²) >= 11 is 0. The Kier molecular flexibility index (Phi) is 3.03. The molecule has 2 N–H and O–H groups in total. The number of hydrogen-bond donors (Lipinski definition) is 1. The van der Waals surface area contributed by atoms with Gasteiger partial charge in [0.2, 0.25) is 0 Å². The van der Waals surface area contributed by atoms with Crippen molar-refractivity contribution in [3.05, 3.63) is 17.8 Å². The Morgan fingerprint density at radius 3 is 2.69 bits per heavy atom. The number of nitrogens with two attached hydrogens (primary N) is 1.